The molecule has 4 N–H and O–H groups in total. The van der Waals surface area contributed by atoms with Crippen LogP contribution in [0, 0.1) is 5.82 Å². The summed E-state index contributed by atoms with van der Waals surface area (Å²) in [5.74, 6) is -6.04. The number of nitrogens with two attached hydrogens (primary N) is 2. The third-order valence-corrected chi connectivity index (χ3v) is 4.46. The number of carbonyl (C=O) groups excluding carboxylic acids is 1. The van der Waals surface area contributed by atoms with Gasteiger partial charge in [-0.25, -0.2) is 28.1 Å². The van der Waals surface area contributed by atoms with Crippen molar-refractivity contribution in [3.63, 3.8) is 0 Å². The Bertz CT molecular complexity index is 1030. The normalized spacial score (nSPS) is 20.6. The fourth-order valence-electron chi connectivity index (χ4n) is 2.77. The predicted molar refractivity (Wildman–Crippen MR) is 93.5 cm³/mol. The lowest BCUT2D eigenvalue weighted by atomic mass is 9.88. The number of alkyl halides is 4. The number of ketones is 1. The Balaban J connectivity index is 1.95. The summed E-state index contributed by atoms with van der Waals surface area (Å²) in [6, 6.07) is 1.39. The average Bonchev–Trinajstić information content (AvgIpc) is 2.66. The first-order chi connectivity index (χ1) is 13.9. The van der Waals surface area contributed by atoms with Gasteiger partial charge < -0.3 is 16.2 Å². The first kappa shape index (κ1) is 21.3. The molecule has 0 saturated heterocycles. The zero-order valence-corrected chi connectivity index (χ0v) is 15.4. The summed E-state index contributed by atoms with van der Waals surface area (Å²) in [5.41, 5.74) is 6.44. The molecule has 0 aliphatic carbocycles. The summed E-state index contributed by atoms with van der Waals surface area (Å²) >= 11 is 0. The second-order valence-corrected chi connectivity index (χ2v) is 6.58. The molecule has 1 atom stereocenters. The number of anilines is 1. The van der Waals surface area contributed by atoms with E-state index >= 15 is 0 Å². The minimum atomic E-state index is -3.65. The van der Waals surface area contributed by atoms with Crippen molar-refractivity contribution in [3.05, 3.63) is 46.9 Å². The van der Waals surface area contributed by atoms with Gasteiger partial charge in [0, 0.05) is 5.69 Å². The van der Waals surface area contributed by atoms with Crippen molar-refractivity contribution in [2.45, 2.75) is 31.2 Å². The minimum Gasteiger partial charge on any atom is -0.459 e. The van der Waals surface area contributed by atoms with Gasteiger partial charge in [-0.3, -0.25) is 9.78 Å². The maximum atomic E-state index is 14.5. The lowest BCUT2D eigenvalue weighted by molar-refractivity contribution is -0.118. The molecule has 2 aromatic rings. The largest absolute Gasteiger partial charge is 0.459 e. The molecule has 0 fully saturated rings. The van der Waals surface area contributed by atoms with E-state index in [1.807, 2.05) is 0 Å². The van der Waals surface area contributed by atoms with E-state index in [4.69, 9.17) is 11.5 Å². The number of nitrogens with zero attached hydrogens (tertiary/aromatic N) is 4. The summed E-state index contributed by atoms with van der Waals surface area (Å²) in [5, 5.41) is 0. The number of ether oxygens (including phenoxy) is 1. The van der Waals surface area contributed by atoms with Gasteiger partial charge in [0.1, 0.15) is 22.9 Å². The molecule has 0 bridgehead atoms. The smallest absolute Gasteiger partial charge is 0.311 e. The summed E-state index contributed by atoms with van der Waals surface area (Å²) < 4.78 is 73.1. The lowest BCUT2D eigenvalue weighted by Crippen LogP contribution is -2.51. The Morgan fingerprint density at radius 2 is 1.97 bits per heavy atom. The van der Waals surface area contributed by atoms with Gasteiger partial charge in [0.15, 0.2) is 23.7 Å². The number of aliphatic imine (C=N–C) groups is 1. The van der Waals surface area contributed by atoms with Crippen LogP contribution in [-0.2, 0) is 16.7 Å². The van der Waals surface area contributed by atoms with Gasteiger partial charge in [-0.15, -0.1) is 0 Å². The van der Waals surface area contributed by atoms with Crippen molar-refractivity contribution in [2.24, 2.45) is 10.7 Å². The Morgan fingerprint density at radius 3 is 2.60 bits per heavy atom. The molecule has 160 valence electrons. The van der Waals surface area contributed by atoms with E-state index in [0.29, 0.717) is 6.20 Å². The minimum absolute atomic E-state index is 0.104. The molecular weight excluding hydrogens is 415 g/mol. The van der Waals surface area contributed by atoms with Crippen LogP contribution < -0.4 is 11.5 Å². The number of hydrogen-bond donors (Lipinski definition) is 2. The molecule has 30 heavy (non-hydrogen) atoms. The highest BCUT2D eigenvalue weighted by Gasteiger charge is 2.57. The zero-order chi connectivity index (χ0) is 22.3. The number of Topliss-reactive ketones (excluding diaryl/α,β-unsaturated/α-hetero) is 1. The first-order valence-corrected chi connectivity index (χ1v) is 8.40. The second-order valence-electron chi connectivity index (χ2n) is 6.58. The Labute approximate surface area is 166 Å². The number of hydrogen-bond acceptors (Lipinski definition) is 8. The van der Waals surface area contributed by atoms with Crippen LogP contribution >= 0.6 is 0 Å². The van der Waals surface area contributed by atoms with Gasteiger partial charge in [0.2, 0.25) is 0 Å². The summed E-state index contributed by atoms with van der Waals surface area (Å²) in [4.78, 5) is 26.8. The van der Waals surface area contributed by atoms with Crippen molar-refractivity contribution < 1.29 is 31.5 Å². The summed E-state index contributed by atoms with van der Waals surface area (Å²) in [6.07, 6.45) is -2.77. The SMILES string of the molecule is C[C@]1(c2nc(CC(=O)c3ncc(C(F)F)nc3N)ccc2F)N=C(N)OCC1(F)F. The third-order valence-electron chi connectivity index (χ3n) is 4.46. The molecule has 3 rings (SSSR count). The molecule has 8 nitrogen and oxygen atoms in total. The third kappa shape index (κ3) is 3.74. The molecule has 13 heteroatoms. The topological polar surface area (TPSA) is 129 Å². The first-order valence-electron chi connectivity index (χ1n) is 8.40. The van der Waals surface area contributed by atoms with Crippen LogP contribution in [0.2, 0.25) is 0 Å². The molecule has 0 aromatic carbocycles. The van der Waals surface area contributed by atoms with Crippen molar-refractivity contribution in [1.82, 2.24) is 15.0 Å². The average molecular weight is 430 g/mol. The van der Waals surface area contributed by atoms with Crippen LogP contribution in [0.5, 0.6) is 0 Å². The van der Waals surface area contributed by atoms with Crippen LogP contribution in [0.25, 0.3) is 0 Å². The fourth-order valence-corrected chi connectivity index (χ4v) is 2.77. The molecule has 2 aromatic heterocycles. The number of amidine groups is 1. The second kappa shape index (κ2) is 7.46. The van der Waals surface area contributed by atoms with Crippen molar-refractivity contribution in [3.8, 4) is 0 Å². The van der Waals surface area contributed by atoms with E-state index in [-0.39, 0.29) is 5.69 Å². The zero-order valence-electron chi connectivity index (χ0n) is 15.4. The van der Waals surface area contributed by atoms with E-state index in [1.165, 1.54) is 0 Å². The van der Waals surface area contributed by atoms with Gasteiger partial charge in [0.25, 0.3) is 12.4 Å². The van der Waals surface area contributed by atoms with Gasteiger partial charge >= 0.3 is 5.92 Å². The summed E-state index contributed by atoms with van der Waals surface area (Å²) in [7, 11) is 0. The Kier molecular flexibility index (Phi) is 5.31. The number of pyridine rings is 1. The standard InChI is InChI=1S/C17H15F5N6O2/c1-16(17(21,22)6-30-15(24)28-16)12-8(18)3-2-7(26-12)4-10(29)11-14(23)27-9(5-25-11)13(19)20/h2-3,5,13H,4,6H2,1H3,(H2,23,27)(H2,24,28)/t16-/m1/s1. The van der Waals surface area contributed by atoms with Gasteiger partial charge in [-0.05, 0) is 19.1 Å². The van der Waals surface area contributed by atoms with Crippen LogP contribution in [-0.4, -0.2) is 39.3 Å². The van der Waals surface area contributed by atoms with Crippen molar-refractivity contribution >= 4 is 17.6 Å². The number of rotatable bonds is 5. The Morgan fingerprint density at radius 1 is 1.27 bits per heavy atom. The predicted octanol–water partition coefficient (Wildman–Crippen LogP) is 2.15. The molecule has 3 heterocycles. The quantitative estimate of drug-likeness (QED) is 0.549. The van der Waals surface area contributed by atoms with E-state index in [9.17, 15) is 26.7 Å². The van der Waals surface area contributed by atoms with Gasteiger partial charge in [0.05, 0.1) is 12.6 Å². The van der Waals surface area contributed by atoms with E-state index in [2.05, 4.69) is 24.7 Å². The molecule has 0 radical (unpaired) electrons. The van der Waals surface area contributed by atoms with Crippen LogP contribution in [0.1, 0.15) is 40.9 Å². The van der Waals surface area contributed by atoms with E-state index < -0.39 is 71.4 Å². The molecule has 1 aliphatic rings. The van der Waals surface area contributed by atoms with Gasteiger partial charge in [-0.2, -0.15) is 8.78 Å². The van der Waals surface area contributed by atoms with Gasteiger partial charge in [-0.1, -0.05) is 0 Å². The van der Waals surface area contributed by atoms with Crippen LogP contribution in [0.4, 0.5) is 27.8 Å². The Hall–Kier alpha value is -3.38. The monoisotopic (exact) mass is 430 g/mol. The van der Waals surface area contributed by atoms with Crippen LogP contribution in [0.3, 0.4) is 0 Å². The number of aromatic nitrogens is 3. The summed E-state index contributed by atoms with van der Waals surface area (Å²) in [6.45, 7) is -0.197. The number of carbonyl (C=O) groups is 1. The van der Waals surface area contributed by atoms with E-state index in [0.717, 1.165) is 19.1 Å². The number of nitrogen functional groups attached to an aromatic ring is 1. The maximum Gasteiger partial charge on any atom is 0.311 e. The lowest BCUT2D eigenvalue weighted by Gasteiger charge is -2.36. The maximum absolute atomic E-state index is 14.5. The fraction of sp³-hybridized carbons (Fsp3) is 0.353. The molecule has 0 spiro atoms. The van der Waals surface area contributed by atoms with Crippen molar-refractivity contribution in [2.75, 3.05) is 12.3 Å². The molecule has 1 aliphatic heterocycles. The number of halogens is 5. The highest BCUT2D eigenvalue weighted by Crippen LogP contribution is 2.43. The molecule has 0 amide bonds. The van der Waals surface area contributed by atoms with Crippen LogP contribution in [0.15, 0.2) is 23.3 Å². The highest BCUT2D eigenvalue weighted by molar-refractivity contribution is 5.99. The van der Waals surface area contributed by atoms with Crippen molar-refractivity contribution in [1.29, 1.82) is 0 Å². The molecular formula is C17H15F5N6O2. The molecule has 0 saturated carbocycles. The molecule has 0 unspecified atom stereocenters. The van der Waals surface area contributed by atoms with E-state index in [1.54, 1.807) is 0 Å². The highest BCUT2D eigenvalue weighted by atomic mass is 19.3.